The van der Waals surface area contributed by atoms with E-state index in [0.29, 0.717) is 11.5 Å². The van der Waals surface area contributed by atoms with E-state index in [1.54, 1.807) is 0 Å². The van der Waals surface area contributed by atoms with Crippen LogP contribution in [0.5, 0.6) is 0 Å². The van der Waals surface area contributed by atoms with E-state index in [2.05, 4.69) is 33.0 Å². The standard InChI is InChI=1S/C14H29NO/c1-12(2)16-11-10-15-13-6-5-8-14(3,4)9-7-13/h12-13,15H,5-11H2,1-4H3. The Morgan fingerprint density at radius 1 is 1.25 bits per heavy atom. The quantitative estimate of drug-likeness (QED) is 0.574. The molecule has 96 valence electrons. The van der Waals surface area contributed by atoms with Gasteiger partial charge in [0.15, 0.2) is 0 Å². The molecule has 16 heavy (non-hydrogen) atoms. The van der Waals surface area contributed by atoms with Gasteiger partial charge in [0.2, 0.25) is 0 Å². The maximum absolute atomic E-state index is 5.54. The molecule has 0 aromatic rings. The molecule has 0 saturated heterocycles. The van der Waals surface area contributed by atoms with Crippen LogP contribution in [-0.2, 0) is 4.74 Å². The van der Waals surface area contributed by atoms with Gasteiger partial charge in [0.25, 0.3) is 0 Å². The van der Waals surface area contributed by atoms with Crippen molar-refractivity contribution in [3.05, 3.63) is 0 Å². The topological polar surface area (TPSA) is 21.3 Å². The van der Waals surface area contributed by atoms with Crippen LogP contribution in [0.1, 0.15) is 59.8 Å². The molecule has 0 bridgehead atoms. The van der Waals surface area contributed by atoms with Crippen LogP contribution in [0.3, 0.4) is 0 Å². The van der Waals surface area contributed by atoms with E-state index < -0.39 is 0 Å². The Balaban J connectivity index is 2.13. The summed E-state index contributed by atoms with van der Waals surface area (Å²) in [4.78, 5) is 0. The molecule has 1 fully saturated rings. The lowest BCUT2D eigenvalue weighted by molar-refractivity contribution is 0.0789. The molecule has 1 rings (SSSR count). The average Bonchev–Trinajstić information content (AvgIpc) is 2.34. The van der Waals surface area contributed by atoms with Crippen LogP contribution in [0, 0.1) is 5.41 Å². The SMILES string of the molecule is CC(C)OCCNC1CCCC(C)(C)CC1. The van der Waals surface area contributed by atoms with E-state index in [9.17, 15) is 0 Å². The van der Waals surface area contributed by atoms with Crippen molar-refractivity contribution >= 4 is 0 Å². The first-order valence-electron chi connectivity index (χ1n) is 6.84. The van der Waals surface area contributed by atoms with E-state index in [-0.39, 0.29) is 0 Å². The van der Waals surface area contributed by atoms with Gasteiger partial charge in [-0.1, -0.05) is 20.3 Å². The minimum absolute atomic E-state index is 0.356. The maximum Gasteiger partial charge on any atom is 0.0594 e. The third-order valence-electron chi connectivity index (χ3n) is 3.56. The average molecular weight is 227 g/mol. The van der Waals surface area contributed by atoms with Crippen LogP contribution in [0.2, 0.25) is 0 Å². The van der Waals surface area contributed by atoms with Crippen molar-refractivity contribution in [2.24, 2.45) is 5.41 Å². The summed E-state index contributed by atoms with van der Waals surface area (Å²) in [6.07, 6.45) is 7.13. The van der Waals surface area contributed by atoms with Gasteiger partial charge in [-0.15, -0.1) is 0 Å². The van der Waals surface area contributed by atoms with Crippen molar-refractivity contribution in [1.29, 1.82) is 0 Å². The Hall–Kier alpha value is -0.0800. The van der Waals surface area contributed by atoms with Crippen LogP contribution >= 0.6 is 0 Å². The molecule has 2 nitrogen and oxygen atoms in total. The minimum atomic E-state index is 0.356. The highest BCUT2D eigenvalue weighted by Crippen LogP contribution is 2.33. The zero-order valence-corrected chi connectivity index (χ0v) is 11.5. The lowest BCUT2D eigenvalue weighted by Crippen LogP contribution is -2.32. The van der Waals surface area contributed by atoms with E-state index >= 15 is 0 Å². The predicted molar refractivity (Wildman–Crippen MR) is 69.7 cm³/mol. The summed E-state index contributed by atoms with van der Waals surface area (Å²) in [6.45, 7) is 10.8. The second-order valence-corrected chi connectivity index (χ2v) is 6.17. The zero-order valence-electron chi connectivity index (χ0n) is 11.5. The molecule has 0 amide bonds. The summed E-state index contributed by atoms with van der Waals surface area (Å²) < 4.78 is 5.54. The van der Waals surface area contributed by atoms with Gasteiger partial charge in [-0.05, 0) is 44.9 Å². The van der Waals surface area contributed by atoms with Gasteiger partial charge < -0.3 is 10.1 Å². The molecule has 1 aliphatic carbocycles. The van der Waals surface area contributed by atoms with Crippen LogP contribution in [-0.4, -0.2) is 25.3 Å². The lowest BCUT2D eigenvalue weighted by Gasteiger charge is -2.22. The van der Waals surface area contributed by atoms with Gasteiger partial charge in [-0.25, -0.2) is 0 Å². The number of nitrogens with one attached hydrogen (secondary N) is 1. The van der Waals surface area contributed by atoms with Crippen molar-refractivity contribution < 1.29 is 4.74 Å². The third-order valence-corrected chi connectivity index (χ3v) is 3.56. The van der Waals surface area contributed by atoms with Crippen LogP contribution in [0.25, 0.3) is 0 Å². The fraction of sp³-hybridized carbons (Fsp3) is 1.00. The first kappa shape index (κ1) is 14.0. The van der Waals surface area contributed by atoms with Crippen LogP contribution in [0.15, 0.2) is 0 Å². The maximum atomic E-state index is 5.54. The molecule has 0 heterocycles. The summed E-state index contributed by atoms with van der Waals surface area (Å²) in [5.41, 5.74) is 0.560. The van der Waals surface area contributed by atoms with Crippen LogP contribution < -0.4 is 5.32 Å². The predicted octanol–water partition coefficient (Wildman–Crippen LogP) is 3.36. The largest absolute Gasteiger partial charge is 0.377 e. The second-order valence-electron chi connectivity index (χ2n) is 6.17. The lowest BCUT2D eigenvalue weighted by atomic mass is 9.85. The summed E-state index contributed by atoms with van der Waals surface area (Å²) in [7, 11) is 0. The van der Waals surface area contributed by atoms with E-state index in [0.717, 1.165) is 19.2 Å². The highest BCUT2D eigenvalue weighted by molar-refractivity contribution is 4.79. The Morgan fingerprint density at radius 3 is 2.69 bits per heavy atom. The van der Waals surface area contributed by atoms with E-state index in [1.807, 2.05) is 0 Å². The third kappa shape index (κ3) is 5.86. The summed E-state index contributed by atoms with van der Waals surface area (Å²) in [5, 5.41) is 3.63. The fourth-order valence-corrected chi connectivity index (χ4v) is 2.42. The van der Waals surface area contributed by atoms with Gasteiger partial charge in [-0.2, -0.15) is 0 Å². The molecular formula is C14H29NO. The molecule has 1 N–H and O–H groups in total. The number of ether oxygens (including phenoxy) is 1. The van der Waals surface area contributed by atoms with Gasteiger partial charge in [0, 0.05) is 12.6 Å². The monoisotopic (exact) mass is 227 g/mol. The normalized spacial score (nSPS) is 25.7. The van der Waals surface area contributed by atoms with Crippen LogP contribution in [0.4, 0.5) is 0 Å². The zero-order chi connectivity index (χ0) is 12.0. The molecule has 1 unspecified atom stereocenters. The molecule has 0 aromatic carbocycles. The van der Waals surface area contributed by atoms with Crippen molar-refractivity contribution in [3.63, 3.8) is 0 Å². The second kappa shape index (κ2) is 6.61. The Labute approximate surface area is 101 Å². The smallest absolute Gasteiger partial charge is 0.0594 e. The molecule has 0 aliphatic heterocycles. The summed E-state index contributed by atoms with van der Waals surface area (Å²) in [5.74, 6) is 0. The summed E-state index contributed by atoms with van der Waals surface area (Å²) >= 11 is 0. The van der Waals surface area contributed by atoms with Gasteiger partial charge in [0.1, 0.15) is 0 Å². The number of hydrogen-bond donors (Lipinski definition) is 1. The molecule has 1 aliphatic rings. The Bertz CT molecular complexity index is 189. The van der Waals surface area contributed by atoms with E-state index in [1.165, 1.54) is 32.1 Å². The van der Waals surface area contributed by atoms with Gasteiger partial charge in [0.05, 0.1) is 12.7 Å². The molecule has 2 heteroatoms. The highest BCUT2D eigenvalue weighted by atomic mass is 16.5. The first-order chi connectivity index (χ1) is 7.49. The fourth-order valence-electron chi connectivity index (χ4n) is 2.42. The highest BCUT2D eigenvalue weighted by Gasteiger charge is 2.23. The minimum Gasteiger partial charge on any atom is -0.377 e. The Morgan fingerprint density at radius 2 is 2.00 bits per heavy atom. The van der Waals surface area contributed by atoms with Crippen molar-refractivity contribution in [2.75, 3.05) is 13.2 Å². The first-order valence-corrected chi connectivity index (χ1v) is 6.84. The molecule has 0 spiro atoms. The van der Waals surface area contributed by atoms with E-state index in [4.69, 9.17) is 4.74 Å². The molecule has 0 aromatic heterocycles. The summed E-state index contributed by atoms with van der Waals surface area (Å²) in [6, 6.07) is 0.720. The Kier molecular flexibility index (Phi) is 5.77. The van der Waals surface area contributed by atoms with Gasteiger partial charge in [-0.3, -0.25) is 0 Å². The number of rotatable bonds is 5. The molecule has 1 atom stereocenters. The number of hydrogen-bond acceptors (Lipinski definition) is 2. The van der Waals surface area contributed by atoms with Gasteiger partial charge >= 0.3 is 0 Å². The molecular weight excluding hydrogens is 198 g/mol. The molecule has 0 radical (unpaired) electrons. The van der Waals surface area contributed by atoms with Crippen molar-refractivity contribution in [3.8, 4) is 0 Å². The molecule has 1 saturated carbocycles. The van der Waals surface area contributed by atoms with Crippen molar-refractivity contribution in [1.82, 2.24) is 5.32 Å². The van der Waals surface area contributed by atoms with Crippen molar-refractivity contribution in [2.45, 2.75) is 71.9 Å².